The Hall–Kier alpha value is -1.48. The summed E-state index contributed by atoms with van der Waals surface area (Å²) >= 11 is 0. The van der Waals surface area contributed by atoms with Crippen LogP contribution in [0.15, 0.2) is 12.1 Å². The van der Waals surface area contributed by atoms with Gasteiger partial charge in [-0.05, 0) is 30.2 Å². The fraction of sp³-hybridized carbons (Fsp3) is 0.385. The smallest absolute Gasteiger partial charge is 0.116 e. The van der Waals surface area contributed by atoms with E-state index in [0.717, 1.165) is 25.1 Å². The Morgan fingerprint density at radius 2 is 2.19 bits per heavy atom. The third-order valence-electron chi connectivity index (χ3n) is 3.54. The van der Waals surface area contributed by atoms with E-state index >= 15 is 0 Å². The van der Waals surface area contributed by atoms with Crippen molar-refractivity contribution in [3.05, 3.63) is 29.0 Å². The molecular weight excluding hydrogens is 200 g/mol. The van der Waals surface area contributed by atoms with Crippen LogP contribution in [0.3, 0.4) is 0 Å². The van der Waals surface area contributed by atoms with Gasteiger partial charge in [0.15, 0.2) is 0 Å². The molecular formula is C13H16N2O. The van der Waals surface area contributed by atoms with Crippen molar-refractivity contribution >= 4 is 10.9 Å². The molecule has 0 saturated carbocycles. The number of nitrogens with one attached hydrogen (secondary N) is 1. The molecule has 3 nitrogen and oxygen atoms in total. The maximum Gasteiger partial charge on any atom is 0.116 e. The van der Waals surface area contributed by atoms with E-state index < -0.39 is 0 Å². The molecule has 0 radical (unpaired) electrons. The third kappa shape index (κ3) is 1.18. The van der Waals surface area contributed by atoms with E-state index in [2.05, 4.69) is 23.9 Å². The number of hydrogen-bond donors (Lipinski definition) is 2. The third-order valence-corrected chi connectivity index (χ3v) is 3.54. The van der Waals surface area contributed by atoms with Gasteiger partial charge in [-0.2, -0.15) is 0 Å². The first kappa shape index (κ1) is 9.73. The van der Waals surface area contributed by atoms with Gasteiger partial charge in [-0.3, -0.25) is 0 Å². The van der Waals surface area contributed by atoms with Crippen LogP contribution in [0, 0.1) is 6.92 Å². The molecule has 0 unspecified atom stereocenters. The van der Waals surface area contributed by atoms with Crippen LogP contribution in [0.4, 0.5) is 0 Å². The highest BCUT2D eigenvalue weighted by molar-refractivity contribution is 5.89. The fourth-order valence-electron chi connectivity index (χ4n) is 2.86. The number of aromatic nitrogens is 1. The molecule has 1 aromatic heterocycles. The Kier molecular flexibility index (Phi) is 1.98. The summed E-state index contributed by atoms with van der Waals surface area (Å²) in [6, 6.07) is 3.72. The predicted octanol–water partition coefficient (Wildman–Crippen LogP) is 1.84. The molecule has 0 bridgehead atoms. The average Bonchev–Trinajstić information content (AvgIpc) is 2.54. The average molecular weight is 216 g/mol. The van der Waals surface area contributed by atoms with Crippen molar-refractivity contribution in [3.8, 4) is 5.75 Å². The summed E-state index contributed by atoms with van der Waals surface area (Å²) in [4.78, 5) is 0. The van der Waals surface area contributed by atoms with Gasteiger partial charge in [0.05, 0.1) is 5.52 Å². The molecule has 2 N–H and O–H groups in total. The van der Waals surface area contributed by atoms with Crippen LogP contribution < -0.4 is 5.32 Å². The van der Waals surface area contributed by atoms with E-state index in [-0.39, 0.29) is 0 Å². The van der Waals surface area contributed by atoms with Gasteiger partial charge < -0.3 is 15.0 Å². The Balaban J connectivity index is 2.44. The minimum absolute atomic E-state index is 0.365. The van der Waals surface area contributed by atoms with Gasteiger partial charge in [0.2, 0.25) is 0 Å². The Morgan fingerprint density at radius 3 is 3.00 bits per heavy atom. The molecule has 1 aromatic carbocycles. The first-order chi connectivity index (χ1) is 7.68. The van der Waals surface area contributed by atoms with E-state index in [1.165, 1.54) is 22.2 Å². The highest BCUT2D eigenvalue weighted by Gasteiger charge is 2.19. The zero-order valence-electron chi connectivity index (χ0n) is 9.67. The number of fused-ring (bicyclic) bond motifs is 3. The molecule has 3 rings (SSSR count). The topological polar surface area (TPSA) is 37.2 Å². The normalized spacial score (nSPS) is 15.4. The standard InChI is InChI=1S/C13H16N2O/c1-8-5-9(16)6-10-11-7-14-4-3-12(11)15(2)13(8)10/h5-6,14,16H,3-4,7H2,1-2H3. The van der Waals surface area contributed by atoms with Gasteiger partial charge in [0, 0.05) is 37.6 Å². The van der Waals surface area contributed by atoms with E-state index in [1.807, 2.05) is 12.1 Å². The minimum Gasteiger partial charge on any atom is -0.508 e. The molecule has 3 heteroatoms. The zero-order valence-corrected chi connectivity index (χ0v) is 9.67. The number of phenols is 1. The molecule has 0 spiro atoms. The minimum atomic E-state index is 0.365. The SMILES string of the molecule is Cc1cc(O)cc2c3c(n(C)c12)CCNC3. The summed E-state index contributed by atoms with van der Waals surface area (Å²) in [6.07, 6.45) is 1.07. The van der Waals surface area contributed by atoms with Gasteiger partial charge in [-0.15, -0.1) is 0 Å². The molecule has 2 aromatic rings. The summed E-state index contributed by atoms with van der Waals surface area (Å²) < 4.78 is 2.28. The van der Waals surface area contributed by atoms with E-state index in [9.17, 15) is 5.11 Å². The maximum absolute atomic E-state index is 9.69. The van der Waals surface area contributed by atoms with E-state index in [1.54, 1.807) is 0 Å². The number of phenolic OH excluding ortho intramolecular Hbond substituents is 1. The number of aryl methyl sites for hydroxylation is 2. The summed E-state index contributed by atoms with van der Waals surface area (Å²) in [6.45, 7) is 4.01. The van der Waals surface area contributed by atoms with E-state index in [0.29, 0.717) is 5.75 Å². The number of hydrogen-bond acceptors (Lipinski definition) is 2. The molecule has 0 aliphatic carbocycles. The molecule has 16 heavy (non-hydrogen) atoms. The number of aromatic hydroxyl groups is 1. The highest BCUT2D eigenvalue weighted by Crippen LogP contribution is 2.32. The van der Waals surface area contributed by atoms with Crippen molar-refractivity contribution in [2.24, 2.45) is 7.05 Å². The predicted molar refractivity (Wildman–Crippen MR) is 64.7 cm³/mol. The van der Waals surface area contributed by atoms with Crippen LogP contribution in [0.1, 0.15) is 16.8 Å². The van der Waals surface area contributed by atoms with Gasteiger partial charge in [-0.25, -0.2) is 0 Å². The number of benzene rings is 1. The highest BCUT2D eigenvalue weighted by atomic mass is 16.3. The second kappa shape index (κ2) is 3.25. The Bertz CT molecular complexity index is 569. The Morgan fingerprint density at radius 1 is 1.38 bits per heavy atom. The first-order valence-corrected chi connectivity index (χ1v) is 5.69. The van der Waals surface area contributed by atoms with Crippen LogP contribution in [-0.4, -0.2) is 16.2 Å². The monoisotopic (exact) mass is 216 g/mol. The lowest BCUT2D eigenvalue weighted by Gasteiger charge is -2.14. The summed E-state index contributed by atoms with van der Waals surface area (Å²) in [5, 5.41) is 14.3. The summed E-state index contributed by atoms with van der Waals surface area (Å²) in [5.74, 6) is 0.365. The molecule has 0 fully saturated rings. The molecule has 1 aliphatic heterocycles. The number of rotatable bonds is 0. The maximum atomic E-state index is 9.69. The molecule has 0 atom stereocenters. The second-order valence-electron chi connectivity index (χ2n) is 4.57. The molecule has 1 aliphatic rings. The lowest BCUT2D eigenvalue weighted by molar-refractivity contribution is 0.475. The lowest BCUT2D eigenvalue weighted by Crippen LogP contribution is -2.24. The van der Waals surface area contributed by atoms with Crippen molar-refractivity contribution in [1.82, 2.24) is 9.88 Å². The largest absolute Gasteiger partial charge is 0.508 e. The molecule has 0 amide bonds. The molecule has 2 heterocycles. The van der Waals surface area contributed by atoms with Crippen LogP contribution in [-0.2, 0) is 20.0 Å². The van der Waals surface area contributed by atoms with Crippen molar-refractivity contribution < 1.29 is 5.11 Å². The molecule has 84 valence electrons. The van der Waals surface area contributed by atoms with Crippen molar-refractivity contribution in [1.29, 1.82) is 0 Å². The van der Waals surface area contributed by atoms with Crippen LogP contribution in [0.2, 0.25) is 0 Å². The van der Waals surface area contributed by atoms with E-state index in [4.69, 9.17) is 0 Å². The number of nitrogens with zero attached hydrogens (tertiary/aromatic N) is 1. The van der Waals surface area contributed by atoms with Crippen LogP contribution in [0.25, 0.3) is 10.9 Å². The van der Waals surface area contributed by atoms with Crippen molar-refractivity contribution in [2.45, 2.75) is 19.9 Å². The lowest BCUT2D eigenvalue weighted by atomic mass is 10.0. The van der Waals surface area contributed by atoms with Crippen LogP contribution >= 0.6 is 0 Å². The quantitative estimate of drug-likeness (QED) is 0.705. The van der Waals surface area contributed by atoms with Crippen molar-refractivity contribution in [3.63, 3.8) is 0 Å². The van der Waals surface area contributed by atoms with Crippen LogP contribution in [0.5, 0.6) is 5.75 Å². The van der Waals surface area contributed by atoms with Gasteiger partial charge >= 0.3 is 0 Å². The van der Waals surface area contributed by atoms with Gasteiger partial charge in [-0.1, -0.05) is 0 Å². The Labute approximate surface area is 94.7 Å². The fourth-order valence-corrected chi connectivity index (χ4v) is 2.86. The zero-order chi connectivity index (χ0) is 11.3. The van der Waals surface area contributed by atoms with Gasteiger partial charge in [0.25, 0.3) is 0 Å². The van der Waals surface area contributed by atoms with Gasteiger partial charge in [0.1, 0.15) is 5.75 Å². The summed E-state index contributed by atoms with van der Waals surface area (Å²) in [7, 11) is 2.12. The van der Waals surface area contributed by atoms with Crippen molar-refractivity contribution in [2.75, 3.05) is 6.54 Å². The summed E-state index contributed by atoms with van der Waals surface area (Å²) in [5.41, 5.74) is 5.16. The first-order valence-electron chi connectivity index (χ1n) is 5.69. The molecule has 0 saturated heterocycles. The second-order valence-corrected chi connectivity index (χ2v) is 4.57.